The van der Waals surface area contributed by atoms with Crippen LogP contribution in [-0.2, 0) is 10.0 Å². The first-order chi connectivity index (χ1) is 9.60. The second-order valence-corrected chi connectivity index (χ2v) is 6.19. The Bertz CT molecular complexity index is 472. The van der Waals surface area contributed by atoms with Gasteiger partial charge >= 0.3 is 0 Å². The van der Waals surface area contributed by atoms with E-state index in [4.69, 9.17) is 4.74 Å². The molecule has 114 valence electrons. The van der Waals surface area contributed by atoms with Crippen LogP contribution in [0.5, 0.6) is 5.75 Å². The molecule has 0 saturated heterocycles. The second-order valence-electron chi connectivity index (χ2n) is 4.42. The van der Waals surface area contributed by atoms with Gasteiger partial charge in [0.15, 0.2) is 0 Å². The lowest BCUT2D eigenvalue weighted by molar-refractivity contribution is 0.308. The third-order valence-corrected chi connectivity index (χ3v) is 4.17. The minimum absolute atomic E-state index is 0.269. The van der Waals surface area contributed by atoms with Gasteiger partial charge in [-0.1, -0.05) is 13.8 Å². The van der Waals surface area contributed by atoms with E-state index in [0.717, 1.165) is 25.9 Å². The largest absolute Gasteiger partial charge is 0.494 e. The Morgan fingerprint density at radius 3 is 2.40 bits per heavy atom. The first-order valence-electron chi connectivity index (χ1n) is 7.03. The number of rotatable bonds is 10. The lowest BCUT2D eigenvalue weighted by atomic mass is 10.3. The Hall–Kier alpha value is -1.11. The van der Waals surface area contributed by atoms with Crippen molar-refractivity contribution in [3.63, 3.8) is 0 Å². The van der Waals surface area contributed by atoms with E-state index < -0.39 is 10.0 Å². The molecular weight excluding hydrogens is 276 g/mol. The minimum atomic E-state index is -3.39. The third-order valence-electron chi connectivity index (χ3n) is 2.69. The van der Waals surface area contributed by atoms with Gasteiger partial charge in [0.1, 0.15) is 5.75 Å². The molecule has 5 nitrogen and oxygen atoms in total. The molecular formula is C14H24N2O3S. The van der Waals surface area contributed by atoms with E-state index in [1.54, 1.807) is 24.3 Å². The fourth-order valence-electron chi connectivity index (χ4n) is 1.60. The molecule has 0 atom stereocenters. The van der Waals surface area contributed by atoms with Gasteiger partial charge in [-0.25, -0.2) is 13.1 Å². The lowest BCUT2D eigenvalue weighted by Crippen LogP contribution is -2.24. The molecule has 0 bridgehead atoms. The Kier molecular flexibility index (Phi) is 7.58. The highest BCUT2D eigenvalue weighted by Gasteiger charge is 2.12. The summed E-state index contributed by atoms with van der Waals surface area (Å²) in [7, 11) is -3.39. The molecule has 1 rings (SSSR count). The Morgan fingerprint density at radius 1 is 1.10 bits per heavy atom. The van der Waals surface area contributed by atoms with Crippen molar-refractivity contribution in [2.75, 3.05) is 26.2 Å². The summed E-state index contributed by atoms with van der Waals surface area (Å²) in [5, 5.41) is 3.22. The quantitative estimate of drug-likeness (QED) is 0.646. The van der Waals surface area contributed by atoms with Gasteiger partial charge in [-0.05, 0) is 50.2 Å². The summed E-state index contributed by atoms with van der Waals surface area (Å²) in [4.78, 5) is 0.269. The van der Waals surface area contributed by atoms with Crippen LogP contribution in [0.2, 0.25) is 0 Å². The molecule has 0 heterocycles. The molecule has 0 fully saturated rings. The number of hydrogen-bond acceptors (Lipinski definition) is 4. The molecule has 0 aliphatic rings. The summed E-state index contributed by atoms with van der Waals surface area (Å²) in [6.07, 6.45) is 1.69. The van der Waals surface area contributed by atoms with Crippen LogP contribution < -0.4 is 14.8 Å². The monoisotopic (exact) mass is 300 g/mol. The number of hydrogen-bond donors (Lipinski definition) is 2. The van der Waals surface area contributed by atoms with Gasteiger partial charge in [-0.2, -0.15) is 0 Å². The molecule has 0 unspecified atom stereocenters. The molecule has 0 spiro atoms. The summed E-state index contributed by atoms with van der Waals surface area (Å²) in [5.74, 6) is 0.691. The van der Waals surface area contributed by atoms with E-state index in [0.29, 0.717) is 18.9 Å². The van der Waals surface area contributed by atoms with E-state index in [1.807, 2.05) is 6.92 Å². The molecule has 0 aliphatic carbocycles. The van der Waals surface area contributed by atoms with Crippen LogP contribution in [0.1, 0.15) is 26.7 Å². The van der Waals surface area contributed by atoms with E-state index in [1.165, 1.54) is 0 Å². The van der Waals surface area contributed by atoms with E-state index in [2.05, 4.69) is 17.0 Å². The molecule has 0 radical (unpaired) electrons. The summed E-state index contributed by atoms with van der Waals surface area (Å²) < 4.78 is 31.8. The molecule has 1 aromatic carbocycles. The fraction of sp³-hybridized carbons (Fsp3) is 0.571. The molecule has 1 aromatic rings. The summed E-state index contributed by atoms with van der Waals surface area (Å²) in [6, 6.07) is 6.51. The Balaban J connectivity index is 2.47. The Morgan fingerprint density at radius 2 is 1.80 bits per heavy atom. The average Bonchev–Trinajstić information content (AvgIpc) is 2.45. The maximum atomic E-state index is 11.9. The maximum Gasteiger partial charge on any atom is 0.240 e. The second kappa shape index (κ2) is 8.94. The standard InChI is InChI=1S/C14H24N2O3S/c1-3-10-16-20(17,18)14-8-6-13(7-9-14)19-12-5-11-15-4-2/h6-9,15-16H,3-5,10-12H2,1-2H3. The normalized spacial score (nSPS) is 11.5. The zero-order valence-corrected chi connectivity index (χ0v) is 13.0. The molecule has 0 saturated carbocycles. The van der Waals surface area contributed by atoms with Crippen LogP contribution in [0, 0.1) is 0 Å². The molecule has 0 aliphatic heterocycles. The van der Waals surface area contributed by atoms with E-state index in [9.17, 15) is 8.42 Å². The molecule has 0 aromatic heterocycles. The van der Waals surface area contributed by atoms with Gasteiger partial charge in [0.2, 0.25) is 10.0 Å². The maximum absolute atomic E-state index is 11.9. The molecule has 2 N–H and O–H groups in total. The number of sulfonamides is 1. The molecule has 0 amide bonds. The zero-order chi connectivity index (χ0) is 14.8. The van der Waals surface area contributed by atoms with Gasteiger partial charge in [-0.3, -0.25) is 0 Å². The van der Waals surface area contributed by atoms with E-state index >= 15 is 0 Å². The van der Waals surface area contributed by atoms with Crippen LogP contribution >= 0.6 is 0 Å². The van der Waals surface area contributed by atoms with E-state index in [-0.39, 0.29) is 4.90 Å². The highest BCUT2D eigenvalue weighted by atomic mass is 32.2. The number of benzene rings is 1. The number of ether oxygens (including phenoxy) is 1. The van der Waals surface area contributed by atoms with Crippen molar-refractivity contribution in [1.29, 1.82) is 0 Å². The van der Waals surface area contributed by atoms with Crippen LogP contribution in [-0.4, -0.2) is 34.7 Å². The van der Waals surface area contributed by atoms with Crippen molar-refractivity contribution in [3.05, 3.63) is 24.3 Å². The first-order valence-corrected chi connectivity index (χ1v) is 8.51. The third kappa shape index (κ3) is 5.90. The predicted molar refractivity (Wildman–Crippen MR) is 80.6 cm³/mol. The first kappa shape index (κ1) is 16.9. The van der Waals surface area contributed by atoms with Crippen molar-refractivity contribution in [1.82, 2.24) is 10.0 Å². The predicted octanol–water partition coefficient (Wildman–Crippen LogP) is 1.75. The lowest BCUT2D eigenvalue weighted by Gasteiger charge is -2.08. The molecule has 20 heavy (non-hydrogen) atoms. The van der Waals surface area contributed by atoms with Gasteiger partial charge in [-0.15, -0.1) is 0 Å². The highest BCUT2D eigenvalue weighted by molar-refractivity contribution is 7.89. The minimum Gasteiger partial charge on any atom is -0.494 e. The van der Waals surface area contributed by atoms with Gasteiger partial charge < -0.3 is 10.1 Å². The van der Waals surface area contributed by atoms with Crippen LogP contribution in [0.3, 0.4) is 0 Å². The smallest absolute Gasteiger partial charge is 0.240 e. The van der Waals surface area contributed by atoms with Crippen LogP contribution in [0.4, 0.5) is 0 Å². The van der Waals surface area contributed by atoms with Crippen molar-refractivity contribution in [2.24, 2.45) is 0 Å². The summed E-state index contributed by atoms with van der Waals surface area (Å²) in [6.45, 7) is 6.93. The topological polar surface area (TPSA) is 67.4 Å². The average molecular weight is 300 g/mol. The summed E-state index contributed by atoms with van der Waals surface area (Å²) >= 11 is 0. The van der Waals surface area contributed by atoms with Gasteiger partial charge in [0, 0.05) is 6.54 Å². The van der Waals surface area contributed by atoms with Crippen molar-refractivity contribution < 1.29 is 13.2 Å². The van der Waals surface area contributed by atoms with Crippen molar-refractivity contribution in [2.45, 2.75) is 31.6 Å². The number of nitrogens with one attached hydrogen (secondary N) is 2. The van der Waals surface area contributed by atoms with Crippen molar-refractivity contribution in [3.8, 4) is 5.75 Å². The highest BCUT2D eigenvalue weighted by Crippen LogP contribution is 2.15. The Labute approximate surface area is 121 Å². The van der Waals surface area contributed by atoms with Crippen molar-refractivity contribution >= 4 is 10.0 Å². The van der Waals surface area contributed by atoms with Gasteiger partial charge in [0.05, 0.1) is 11.5 Å². The zero-order valence-electron chi connectivity index (χ0n) is 12.2. The molecule has 6 heteroatoms. The van der Waals surface area contributed by atoms with Crippen LogP contribution in [0.15, 0.2) is 29.2 Å². The summed E-state index contributed by atoms with van der Waals surface area (Å²) in [5.41, 5.74) is 0. The fourth-order valence-corrected chi connectivity index (χ4v) is 2.73. The van der Waals surface area contributed by atoms with Crippen LogP contribution in [0.25, 0.3) is 0 Å². The SMILES string of the molecule is CCCNS(=O)(=O)c1ccc(OCCCNCC)cc1. The van der Waals surface area contributed by atoms with Gasteiger partial charge in [0.25, 0.3) is 0 Å².